The molecule has 0 bridgehead atoms. The summed E-state index contributed by atoms with van der Waals surface area (Å²) in [6.07, 6.45) is 2.12. The third-order valence-corrected chi connectivity index (χ3v) is 4.23. The van der Waals surface area contributed by atoms with Crippen LogP contribution < -0.4 is 5.32 Å². The van der Waals surface area contributed by atoms with Gasteiger partial charge in [-0.25, -0.2) is 0 Å². The molecule has 0 spiro atoms. The van der Waals surface area contributed by atoms with E-state index in [9.17, 15) is 0 Å². The SMILES string of the molecule is CCc1ccc(C(C)NC(CC)c2cccc(Cl)c2)cc1. The standard InChI is InChI=1S/C19H24ClN/c1-4-15-9-11-16(12-10-15)14(3)21-19(5-2)17-7-6-8-18(20)13-17/h6-14,19,21H,4-5H2,1-3H3. The minimum absolute atomic E-state index is 0.319. The molecule has 2 unspecified atom stereocenters. The van der Waals surface area contributed by atoms with Crippen molar-refractivity contribution in [2.24, 2.45) is 0 Å². The summed E-state index contributed by atoms with van der Waals surface area (Å²) in [5.41, 5.74) is 3.96. The van der Waals surface area contributed by atoms with E-state index in [0.717, 1.165) is 17.9 Å². The molecule has 0 aliphatic rings. The molecule has 1 N–H and O–H groups in total. The van der Waals surface area contributed by atoms with Crippen molar-refractivity contribution in [3.05, 3.63) is 70.2 Å². The molecule has 0 aromatic heterocycles. The van der Waals surface area contributed by atoms with Gasteiger partial charge in [0.25, 0.3) is 0 Å². The molecule has 0 heterocycles. The molecule has 21 heavy (non-hydrogen) atoms. The lowest BCUT2D eigenvalue weighted by Gasteiger charge is -2.23. The number of nitrogens with one attached hydrogen (secondary N) is 1. The minimum atomic E-state index is 0.319. The van der Waals surface area contributed by atoms with E-state index >= 15 is 0 Å². The maximum absolute atomic E-state index is 6.11. The zero-order valence-electron chi connectivity index (χ0n) is 13.1. The first-order valence-electron chi connectivity index (χ1n) is 7.74. The Hall–Kier alpha value is -1.31. The number of rotatable bonds is 6. The van der Waals surface area contributed by atoms with Gasteiger partial charge in [0.15, 0.2) is 0 Å². The quantitative estimate of drug-likeness (QED) is 0.721. The molecule has 0 saturated heterocycles. The van der Waals surface area contributed by atoms with Gasteiger partial charge in [-0.3, -0.25) is 0 Å². The Kier molecular flexibility index (Phi) is 5.84. The van der Waals surface area contributed by atoms with Crippen molar-refractivity contribution in [1.82, 2.24) is 5.32 Å². The number of benzene rings is 2. The maximum Gasteiger partial charge on any atom is 0.0409 e. The van der Waals surface area contributed by atoms with Gasteiger partial charge < -0.3 is 5.32 Å². The summed E-state index contributed by atoms with van der Waals surface area (Å²) in [5.74, 6) is 0. The van der Waals surface area contributed by atoms with E-state index in [2.05, 4.69) is 62.5 Å². The van der Waals surface area contributed by atoms with Crippen LogP contribution in [0.1, 0.15) is 56.0 Å². The Labute approximate surface area is 133 Å². The van der Waals surface area contributed by atoms with E-state index in [0.29, 0.717) is 12.1 Å². The second-order valence-corrected chi connectivity index (χ2v) is 5.94. The Bertz CT molecular complexity index is 562. The Morgan fingerprint density at radius 3 is 2.29 bits per heavy atom. The molecule has 112 valence electrons. The molecule has 0 aliphatic heterocycles. The summed E-state index contributed by atoms with van der Waals surface area (Å²) in [4.78, 5) is 0. The third-order valence-electron chi connectivity index (χ3n) is 4.00. The van der Waals surface area contributed by atoms with Crippen molar-refractivity contribution in [3.63, 3.8) is 0 Å². The van der Waals surface area contributed by atoms with Crippen molar-refractivity contribution in [1.29, 1.82) is 0 Å². The zero-order chi connectivity index (χ0) is 15.2. The number of hydrogen-bond acceptors (Lipinski definition) is 1. The van der Waals surface area contributed by atoms with Crippen molar-refractivity contribution in [2.75, 3.05) is 0 Å². The summed E-state index contributed by atoms with van der Waals surface area (Å²) in [7, 11) is 0. The first-order valence-corrected chi connectivity index (χ1v) is 8.12. The molecule has 2 aromatic rings. The molecule has 0 amide bonds. The average Bonchev–Trinajstić information content (AvgIpc) is 2.52. The van der Waals surface area contributed by atoms with Gasteiger partial charge in [0.2, 0.25) is 0 Å². The molecular weight excluding hydrogens is 278 g/mol. The lowest BCUT2D eigenvalue weighted by molar-refractivity contribution is 0.456. The fourth-order valence-corrected chi connectivity index (χ4v) is 2.81. The van der Waals surface area contributed by atoms with Crippen LogP contribution in [-0.4, -0.2) is 0 Å². The first-order chi connectivity index (χ1) is 10.1. The van der Waals surface area contributed by atoms with Crippen LogP contribution in [0.4, 0.5) is 0 Å². The van der Waals surface area contributed by atoms with Crippen LogP contribution in [0.15, 0.2) is 48.5 Å². The molecule has 0 aliphatic carbocycles. The van der Waals surface area contributed by atoms with E-state index in [1.807, 2.05) is 12.1 Å². The Balaban J connectivity index is 2.10. The van der Waals surface area contributed by atoms with Crippen LogP contribution in [0.2, 0.25) is 5.02 Å². The summed E-state index contributed by atoms with van der Waals surface area (Å²) in [6, 6.07) is 17.6. The molecule has 2 heteroatoms. The van der Waals surface area contributed by atoms with E-state index in [4.69, 9.17) is 11.6 Å². The van der Waals surface area contributed by atoms with Crippen molar-refractivity contribution in [2.45, 2.75) is 45.7 Å². The summed E-state index contributed by atoms with van der Waals surface area (Å²) < 4.78 is 0. The number of halogens is 1. The largest absolute Gasteiger partial charge is 0.303 e. The minimum Gasteiger partial charge on any atom is -0.303 e. The van der Waals surface area contributed by atoms with E-state index < -0.39 is 0 Å². The van der Waals surface area contributed by atoms with E-state index in [-0.39, 0.29) is 0 Å². The van der Waals surface area contributed by atoms with Gasteiger partial charge in [-0.1, -0.05) is 61.8 Å². The highest BCUT2D eigenvalue weighted by molar-refractivity contribution is 6.30. The van der Waals surface area contributed by atoms with Gasteiger partial charge in [0.1, 0.15) is 0 Å². The molecule has 1 nitrogen and oxygen atoms in total. The van der Waals surface area contributed by atoms with E-state index in [1.165, 1.54) is 16.7 Å². The normalized spacial score (nSPS) is 13.9. The van der Waals surface area contributed by atoms with Crippen molar-refractivity contribution >= 4 is 11.6 Å². The van der Waals surface area contributed by atoms with Crippen LogP contribution in [0.25, 0.3) is 0 Å². The van der Waals surface area contributed by atoms with Gasteiger partial charge in [0.05, 0.1) is 0 Å². The molecule has 2 aromatic carbocycles. The summed E-state index contributed by atoms with van der Waals surface area (Å²) >= 11 is 6.11. The molecule has 0 radical (unpaired) electrons. The molecular formula is C19H24ClN. The number of aryl methyl sites for hydroxylation is 1. The summed E-state index contributed by atoms with van der Waals surface area (Å²) in [6.45, 7) is 6.60. The van der Waals surface area contributed by atoms with Crippen LogP contribution in [-0.2, 0) is 6.42 Å². The highest BCUT2D eigenvalue weighted by Gasteiger charge is 2.14. The van der Waals surface area contributed by atoms with Gasteiger partial charge >= 0.3 is 0 Å². The highest BCUT2D eigenvalue weighted by Crippen LogP contribution is 2.24. The lowest BCUT2D eigenvalue weighted by Crippen LogP contribution is -2.24. The number of hydrogen-bond donors (Lipinski definition) is 1. The third kappa shape index (κ3) is 4.33. The summed E-state index contributed by atoms with van der Waals surface area (Å²) in [5, 5.41) is 4.50. The Morgan fingerprint density at radius 1 is 1.00 bits per heavy atom. The predicted molar refractivity (Wildman–Crippen MR) is 91.9 cm³/mol. The Morgan fingerprint density at radius 2 is 1.71 bits per heavy atom. The van der Waals surface area contributed by atoms with Gasteiger partial charge in [-0.05, 0) is 48.6 Å². The smallest absolute Gasteiger partial charge is 0.0409 e. The van der Waals surface area contributed by atoms with Crippen molar-refractivity contribution in [3.8, 4) is 0 Å². The van der Waals surface area contributed by atoms with Crippen LogP contribution in [0.3, 0.4) is 0 Å². The molecule has 2 atom stereocenters. The second kappa shape index (κ2) is 7.63. The van der Waals surface area contributed by atoms with Crippen LogP contribution in [0, 0.1) is 0 Å². The highest BCUT2D eigenvalue weighted by atomic mass is 35.5. The zero-order valence-corrected chi connectivity index (χ0v) is 13.8. The van der Waals surface area contributed by atoms with Gasteiger partial charge in [0, 0.05) is 17.1 Å². The second-order valence-electron chi connectivity index (χ2n) is 5.50. The van der Waals surface area contributed by atoms with Crippen molar-refractivity contribution < 1.29 is 0 Å². The first kappa shape index (κ1) is 16.1. The van der Waals surface area contributed by atoms with Crippen LogP contribution in [0.5, 0.6) is 0 Å². The monoisotopic (exact) mass is 301 g/mol. The fraction of sp³-hybridized carbons (Fsp3) is 0.368. The molecule has 2 rings (SSSR count). The molecule has 0 fully saturated rings. The maximum atomic E-state index is 6.11. The predicted octanol–water partition coefficient (Wildman–Crippen LogP) is 5.70. The lowest BCUT2D eigenvalue weighted by atomic mass is 10.0. The van der Waals surface area contributed by atoms with Crippen LogP contribution >= 0.6 is 11.6 Å². The molecule has 0 saturated carbocycles. The average molecular weight is 302 g/mol. The van der Waals surface area contributed by atoms with Gasteiger partial charge in [-0.15, -0.1) is 0 Å². The van der Waals surface area contributed by atoms with Gasteiger partial charge in [-0.2, -0.15) is 0 Å². The van der Waals surface area contributed by atoms with E-state index in [1.54, 1.807) is 0 Å². The fourth-order valence-electron chi connectivity index (χ4n) is 2.61. The topological polar surface area (TPSA) is 12.0 Å².